The zero-order chi connectivity index (χ0) is 18.0. The van der Waals surface area contributed by atoms with Crippen LogP contribution in [0, 0.1) is 0 Å². The van der Waals surface area contributed by atoms with Gasteiger partial charge in [0.15, 0.2) is 17.3 Å². The van der Waals surface area contributed by atoms with E-state index in [-0.39, 0.29) is 11.4 Å². The number of tetrazole rings is 1. The molecule has 0 fully saturated rings. The lowest BCUT2D eigenvalue weighted by atomic mass is 10.3. The van der Waals surface area contributed by atoms with E-state index in [9.17, 15) is 8.42 Å². The van der Waals surface area contributed by atoms with Gasteiger partial charge in [0.25, 0.3) is 0 Å². The third-order valence-corrected chi connectivity index (χ3v) is 5.18. The number of para-hydroxylation sites is 1. The lowest BCUT2D eigenvalue weighted by Gasteiger charge is -2.18. The summed E-state index contributed by atoms with van der Waals surface area (Å²) in [6.07, 6.45) is 0. The Balaban J connectivity index is 1.54. The second-order valence-corrected chi connectivity index (χ2v) is 7.24. The van der Waals surface area contributed by atoms with Crippen LogP contribution in [-0.2, 0) is 16.6 Å². The maximum absolute atomic E-state index is 12.6. The Morgan fingerprint density at radius 2 is 1.81 bits per heavy atom. The molecule has 1 N–H and O–H groups in total. The fourth-order valence-corrected chi connectivity index (χ4v) is 3.51. The van der Waals surface area contributed by atoms with Crippen molar-refractivity contribution in [3.8, 4) is 17.2 Å². The number of nitrogens with zero attached hydrogens (tertiary/aromatic N) is 4. The van der Waals surface area contributed by atoms with Crippen molar-refractivity contribution < 1.29 is 17.9 Å². The Kier molecular flexibility index (Phi) is 4.27. The lowest BCUT2D eigenvalue weighted by molar-refractivity contribution is 0.171. The van der Waals surface area contributed by atoms with Crippen molar-refractivity contribution >= 4 is 10.0 Å². The number of nitrogens with one attached hydrogen (secondary N) is 1. The minimum absolute atomic E-state index is 0.0569. The van der Waals surface area contributed by atoms with Crippen LogP contribution in [0.25, 0.3) is 5.69 Å². The number of hydrogen-bond acceptors (Lipinski definition) is 7. The van der Waals surface area contributed by atoms with Crippen molar-refractivity contribution in [1.29, 1.82) is 0 Å². The Hall–Kier alpha value is -2.98. The standard InChI is InChI=1S/C16H15N5O4S/c22-26(23,13-6-7-14-15(10-13)25-9-8-24-14)17-11-16-18-19-20-21(16)12-4-2-1-3-5-12/h1-7,10,17H,8-9,11H2. The second-order valence-electron chi connectivity index (χ2n) is 5.47. The van der Waals surface area contributed by atoms with Crippen LogP contribution in [0.1, 0.15) is 5.82 Å². The van der Waals surface area contributed by atoms with Gasteiger partial charge in [-0.25, -0.2) is 13.1 Å². The predicted molar refractivity (Wildman–Crippen MR) is 90.6 cm³/mol. The van der Waals surface area contributed by atoms with E-state index < -0.39 is 10.0 Å². The van der Waals surface area contributed by atoms with Crippen molar-refractivity contribution in [1.82, 2.24) is 24.9 Å². The number of rotatable bonds is 5. The minimum atomic E-state index is -3.76. The van der Waals surface area contributed by atoms with E-state index in [2.05, 4.69) is 20.2 Å². The monoisotopic (exact) mass is 373 g/mol. The van der Waals surface area contributed by atoms with Gasteiger partial charge in [0.05, 0.1) is 17.1 Å². The molecule has 0 bridgehead atoms. The molecule has 0 aliphatic carbocycles. The molecule has 1 aliphatic rings. The van der Waals surface area contributed by atoms with E-state index >= 15 is 0 Å². The van der Waals surface area contributed by atoms with E-state index in [1.54, 1.807) is 6.07 Å². The Morgan fingerprint density at radius 3 is 2.62 bits per heavy atom. The molecule has 0 radical (unpaired) electrons. The summed E-state index contributed by atoms with van der Waals surface area (Å²) in [5, 5.41) is 11.4. The van der Waals surface area contributed by atoms with Gasteiger partial charge in [-0.15, -0.1) is 5.10 Å². The van der Waals surface area contributed by atoms with Crippen LogP contribution >= 0.6 is 0 Å². The Bertz CT molecular complexity index is 1020. The summed E-state index contributed by atoms with van der Waals surface area (Å²) in [7, 11) is -3.76. The highest BCUT2D eigenvalue weighted by molar-refractivity contribution is 7.89. The zero-order valence-corrected chi connectivity index (χ0v) is 14.4. The van der Waals surface area contributed by atoms with E-state index in [4.69, 9.17) is 9.47 Å². The first-order valence-corrected chi connectivity index (χ1v) is 9.34. The maximum atomic E-state index is 12.6. The maximum Gasteiger partial charge on any atom is 0.241 e. The number of fused-ring (bicyclic) bond motifs is 1. The molecule has 0 unspecified atom stereocenters. The van der Waals surface area contributed by atoms with Gasteiger partial charge in [-0.3, -0.25) is 0 Å². The summed E-state index contributed by atoms with van der Waals surface area (Å²) in [6, 6.07) is 13.7. The molecule has 1 aromatic heterocycles. The van der Waals surface area contributed by atoms with E-state index in [0.717, 1.165) is 5.69 Å². The molecule has 2 heterocycles. The third kappa shape index (κ3) is 3.24. The average Bonchev–Trinajstić information content (AvgIpc) is 3.15. The summed E-state index contributed by atoms with van der Waals surface area (Å²) in [5.74, 6) is 1.31. The summed E-state index contributed by atoms with van der Waals surface area (Å²) in [4.78, 5) is 0.0838. The van der Waals surface area contributed by atoms with Crippen LogP contribution in [-0.4, -0.2) is 41.8 Å². The van der Waals surface area contributed by atoms with Gasteiger partial charge >= 0.3 is 0 Å². The summed E-state index contributed by atoms with van der Waals surface area (Å²) >= 11 is 0. The van der Waals surface area contributed by atoms with Gasteiger partial charge in [0.1, 0.15) is 13.2 Å². The molecule has 26 heavy (non-hydrogen) atoms. The number of benzene rings is 2. The number of ether oxygens (including phenoxy) is 2. The van der Waals surface area contributed by atoms with Gasteiger partial charge in [0, 0.05) is 6.07 Å². The number of aromatic nitrogens is 4. The fraction of sp³-hybridized carbons (Fsp3) is 0.188. The minimum Gasteiger partial charge on any atom is -0.486 e. The van der Waals surface area contributed by atoms with E-state index in [1.807, 2.05) is 30.3 Å². The molecule has 0 saturated heterocycles. The lowest BCUT2D eigenvalue weighted by Crippen LogP contribution is -2.25. The number of hydrogen-bond donors (Lipinski definition) is 1. The second kappa shape index (κ2) is 6.73. The van der Waals surface area contributed by atoms with Crippen molar-refractivity contribution in [3.05, 3.63) is 54.4 Å². The summed E-state index contributed by atoms with van der Waals surface area (Å²) in [5.41, 5.74) is 0.742. The van der Waals surface area contributed by atoms with Gasteiger partial charge in [0.2, 0.25) is 10.0 Å². The summed E-state index contributed by atoms with van der Waals surface area (Å²) in [6.45, 7) is 0.772. The molecule has 9 nitrogen and oxygen atoms in total. The quantitative estimate of drug-likeness (QED) is 0.708. The van der Waals surface area contributed by atoms with Gasteiger partial charge in [-0.1, -0.05) is 18.2 Å². The van der Waals surface area contributed by atoms with Crippen molar-refractivity contribution in [2.24, 2.45) is 0 Å². The molecule has 0 spiro atoms. The molecule has 0 saturated carbocycles. The van der Waals surface area contributed by atoms with Crippen LogP contribution in [0.5, 0.6) is 11.5 Å². The third-order valence-electron chi connectivity index (χ3n) is 3.78. The highest BCUT2D eigenvalue weighted by Crippen LogP contribution is 2.32. The van der Waals surface area contributed by atoms with E-state index in [1.165, 1.54) is 16.8 Å². The van der Waals surface area contributed by atoms with Gasteiger partial charge < -0.3 is 9.47 Å². The van der Waals surface area contributed by atoms with Crippen LogP contribution in [0.4, 0.5) is 0 Å². The molecule has 0 amide bonds. The van der Waals surface area contributed by atoms with Gasteiger partial charge in [-0.05, 0) is 34.7 Å². The first-order chi connectivity index (χ1) is 12.6. The van der Waals surface area contributed by atoms with Crippen molar-refractivity contribution in [3.63, 3.8) is 0 Å². The molecule has 10 heteroatoms. The molecular formula is C16H15N5O4S. The van der Waals surface area contributed by atoms with E-state index in [0.29, 0.717) is 30.5 Å². The first kappa shape index (κ1) is 16.5. The van der Waals surface area contributed by atoms with Crippen molar-refractivity contribution in [2.45, 2.75) is 11.4 Å². The van der Waals surface area contributed by atoms with Crippen molar-refractivity contribution in [2.75, 3.05) is 13.2 Å². The SMILES string of the molecule is O=S(=O)(NCc1nnnn1-c1ccccc1)c1ccc2c(c1)OCCO2. The Labute approximate surface area is 149 Å². The molecule has 134 valence electrons. The first-order valence-electron chi connectivity index (χ1n) is 7.85. The summed E-state index contributed by atoms with van der Waals surface area (Å²) < 4.78 is 40.0. The van der Waals surface area contributed by atoms with Crippen LogP contribution in [0.15, 0.2) is 53.4 Å². The molecule has 2 aromatic carbocycles. The van der Waals surface area contributed by atoms with Crippen LogP contribution < -0.4 is 14.2 Å². The largest absolute Gasteiger partial charge is 0.486 e. The Morgan fingerprint density at radius 1 is 1.04 bits per heavy atom. The molecule has 4 rings (SSSR count). The smallest absolute Gasteiger partial charge is 0.241 e. The van der Waals surface area contributed by atoms with Gasteiger partial charge in [-0.2, -0.15) is 4.68 Å². The highest BCUT2D eigenvalue weighted by Gasteiger charge is 2.20. The molecular weight excluding hydrogens is 358 g/mol. The average molecular weight is 373 g/mol. The normalized spacial score (nSPS) is 13.5. The van der Waals surface area contributed by atoms with Crippen LogP contribution in [0.3, 0.4) is 0 Å². The number of sulfonamides is 1. The highest BCUT2D eigenvalue weighted by atomic mass is 32.2. The molecule has 3 aromatic rings. The molecule has 1 aliphatic heterocycles. The predicted octanol–water partition coefficient (Wildman–Crippen LogP) is 0.912. The zero-order valence-electron chi connectivity index (χ0n) is 13.6. The van der Waals surface area contributed by atoms with Crippen LogP contribution in [0.2, 0.25) is 0 Å². The fourth-order valence-electron chi connectivity index (χ4n) is 2.52. The molecule has 0 atom stereocenters. The topological polar surface area (TPSA) is 108 Å².